The molecule has 1 saturated carbocycles. The Morgan fingerprint density at radius 1 is 0.970 bits per heavy atom. The Labute approximate surface area is 196 Å². The molecule has 1 fully saturated rings. The van der Waals surface area contributed by atoms with Crippen LogP contribution in [-0.2, 0) is 9.63 Å². The molecule has 4 nitrogen and oxygen atoms in total. The number of aliphatic carboxylic acids is 1. The molecule has 4 heteroatoms. The number of hydrogen-bond acceptors (Lipinski definition) is 3. The standard InChI is InChI=1S/C29H33NO3/c31-28(32)16-10-2-1-9-15-26-22-17-19-23(20-18-22)27(26)21-30-33-29(24-11-5-3-6-12-24)25-13-7-4-8-14-25/h1,3-9,11-14,17,19,21-23,26-27,29H,2,10,15-16,18,20H2,(H,31,32)/b9-1+,30-21+. The highest BCUT2D eigenvalue weighted by Gasteiger charge is 2.39. The van der Waals surface area contributed by atoms with Crippen molar-refractivity contribution in [3.05, 3.63) is 96.1 Å². The van der Waals surface area contributed by atoms with Crippen molar-refractivity contribution in [1.82, 2.24) is 0 Å². The molecule has 0 amide bonds. The number of rotatable bonds is 11. The smallest absolute Gasteiger partial charge is 0.303 e. The molecular weight excluding hydrogens is 410 g/mol. The van der Waals surface area contributed by atoms with Crippen molar-refractivity contribution < 1.29 is 14.7 Å². The average molecular weight is 444 g/mol. The topological polar surface area (TPSA) is 58.9 Å². The van der Waals surface area contributed by atoms with E-state index in [2.05, 4.69) is 53.7 Å². The summed E-state index contributed by atoms with van der Waals surface area (Å²) in [4.78, 5) is 16.8. The highest BCUT2D eigenvalue weighted by atomic mass is 16.6. The molecule has 3 aliphatic rings. The average Bonchev–Trinajstić information content (AvgIpc) is 2.86. The summed E-state index contributed by atoms with van der Waals surface area (Å²) in [6.45, 7) is 0. The van der Waals surface area contributed by atoms with Crippen molar-refractivity contribution in [1.29, 1.82) is 0 Å². The van der Waals surface area contributed by atoms with Crippen LogP contribution >= 0.6 is 0 Å². The van der Waals surface area contributed by atoms with Crippen molar-refractivity contribution in [3.8, 4) is 0 Å². The van der Waals surface area contributed by atoms with E-state index in [9.17, 15) is 4.79 Å². The minimum Gasteiger partial charge on any atom is -0.481 e. The number of fused-ring (bicyclic) bond motifs is 2. The van der Waals surface area contributed by atoms with E-state index in [1.54, 1.807) is 0 Å². The Balaban J connectivity index is 1.42. The first-order valence-corrected chi connectivity index (χ1v) is 12.1. The fourth-order valence-electron chi connectivity index (χ4n) is 5.17. The second-order valence-electron chi connectivity index (χ2n) is 9.09. The van der Waals surface area contributed by atoms with Gasteiger partial charge >= 0.3 is 5.97 Å². The Kier molecular flexibility index (Phi) is 8.13. The summed E-state index contributed by atoms with van der Waals surface area (Å²) >= 11 is 0. The van der Waals surface area contributed by atoms with Gasteiger partial charge in [-0.3, -0.25) is 4.79 Å². The lowest BCUT2D eigenvalue weighted by molar-refractivity contribution is -0.137. The van der Waals surface area contributed by atoms with Gasteiger partial charge in [0.1, 0.15) is 0 Å². The van der Waals surface area contributed by atoms with Gasteiger partial charge in [0.2, 0.25) is 0 Å². The van der Waals surface area contributed by atoms with Gasteiger partial charge in [-0.2, -0.15) is 0 Å². The van der Waals surface area contributed by atoms with Crippen molar-refractivity contribution in [3.63, 3.8) is 0 Å². The lowest BCUT2D eigenvalue weighted by atomic mass is 9.62. The third-order valence-corrected chi connectivity index (χ3v) is 6.92. The first-order chi connectivity index (χ1) is 16.2. The van der Waals surface area contributed by atoms with Gasteiger partial charge in [0.25, 0.3) is 0 Å². The van der Waals surface area contributed by atoms with Gasteiger partial charge in [-0.05, 0) is 61.0 Å². The molecule has 0 heterocycles. The van der Waals surface area contributed by atoms with Crippen molar-refractivity contribution in [2.75, 3.05) is 0 Å². The number of carbonyl (C=O) groups is 1. The maximum atomic E-state index is 10.7. The molecule has 0 spiro atoms. The number of carboxylic acid groups (broad SMARTS) is 1. The lowest BCUT2D eigenvalue weighted by Crippen LogP contribution is -2.37. The summed E-state index contributed by atoms with van der Waals surface area (Å²) in [5.41, 5.74) is 2.18. The predicted molar refractivity (Wildman–Crippen MR) is 132 cm³/mol. The van der Waals surface area contributed by atoms with Crippen LogP contribution in [0, 0.1) is 23.7 Å². The molecule has 172 valence electrons. The minimum atomic E-state index is -0.723. The molecule has 4 atom stereocenters. The van der Waals surface area contributed by atoms with Crippen LogP contribution in [0.1, 0.15) is 55.8 Å². The predicted octanol–water partition coefficient (Wildman–Crippen LogP) is 6.81. The molecule has 3 aliphatic carbocycles. The summed E-state index contributed by atoms with van der Waals surface area (Å²) in [5.74, 6) is 1.25. The third kappa shape index (κ3) is 6.22. The van der Waals surface area contributed by atoms with E-state index in [1.165, 1.54) is 12.8 Å². The maximum absolute atomic E-state index is 10.7. The largest absolute Gasteiger partial charge is 0.481 e. The van der Waals surface area contributed by atoms with Crippen molar-refractivity contribution in [2.45, 2.75) is 44.6 Å². The SMILES string of the molecule is O=C(O)CCC/C=C/CC1C2C=CC(CC2)C1/C=N/OC(c1ccccc1)c1ccccc1. The zero-order chi connectivity index (χ0) is 22.9. The van der Waals surface area contributed by atoms with E-state index in [0.29, 0.717) is 30.1 Å². The minimum absolute atomic E-state index is 0.229. The summed E-state index contributed by atoms with van der Waals surface area (Å²) < 4.78 is 0. The van der Waals surface area contributed by atoms with Crippen molar-refractivity contribution >= 4 is 12.2 Å². The Morgan fingerprint density at radius 3 is 2.21 bits per heavy atom. The van der Waals surface area contributed by atoms with Crippen LogP contribution in [0.15, 0.2) is 90.1 Å². The summed E-state index contributed by atoms with van der Waals surface area (Å²) in [7, 11) is 0. The van der Waals surface area contributed by atoms with Crippen LogP contribution in [0.2, 0.25) is 0 Å². The Morgan fingerprint density at radius 2 is 1.61 bits per heavy atom. The number of benzene rings is 2. The van der Waals surface area contributed by atoms with E-state index >= 15 is 0 Å². The van der Waals surface area contributed by atoms with Crippen LogP contribution in [0.25, 0.3) is 0 Å². The molecule has 0 radical (unpaired) electrons. The lowest BCUT2D eigenvalue weighted by Gasteiger charge is -2.43. The van der Waals surface area contributed by atoms with Crippen LogP contribution in [0.5, 0.6) is 0 Å². The quantitative estimate of drug-likeness (QED) is 0.180. The third-order valence-electron chi connectivity index (χ3n) is 6.92. The fraction of sp³-hybridized carbons (Fsp3) is 0.379. The second kappa shape index (κ2) is 11.6. The molecular formula is C29H33NO3. The van der Waals surface area contributed by atoms with Crippen molar-refractivity contribution in [2.24, 2.45) is 28.8 Å². The number of allylic oxidation sites excluding steroid dienone is 4. The number of hydrogen-bond donors (Lipinski definition) is 1. The van der Waals surface area contributed by atoms with Gasteiger partial charge in [0.15, 0.2) is 6.10 Å². The van der Waals surface area contributed by atoms with E-state index in [1.807, 2.05) is 42.6 Å². The first kappa shape index (κ1) is 23.0. The highest BCUT2D eigenvalue weighted by molar-refractivity contribution is 5.66. The van der Waals surface area contributed by atoms with Gasteiger partial charge in [0.05, 0.1) is 0 Å². The number of oxime groups is 1. The highest BCUT2D eigenvalue weighted by Crippen LogP contribution is 2.45. The van der Waals surface area contributed by atoms with Gasteiger partial charge in [0, 0.05) is 18.6 Å². The molecule has 5 rings (SSSR count). The fourth-order valence-corrected chi connectivity index (χ4v) is 5.17. The summed E-state index contributed by atoms with van der Waals surface area (Å²) in [5, 5.41) is 13.3. The summed E-state index contributed by atoms with van der Waals surface area (Å²) in [6, 6.07) is 20.5. The zero-order valence-corrected chi connectivity index (χ0v) is 19.0. The molecule has 33 heavy (non-hydrogen) atoms. The van der Waals surface area contributed by atoms with Gasteiger partial charge in [-0.1, -0.05) is 90.1 Å². The maximum Gasteiger partial charge on any atom is 0.303 e. The Hall–Kier alpha value is -3.14. The summed E-state index contributed by atoms with van der Waals surface area (Å²) in [6.07, 6.45) is 16.1. The molecule has 0 aliphatic heterocycles. The van der Waals surface area contributed by atoms with Crippen LogP contribution in [0.3, 0.4) is 0 Å². The molecule has 0 saturated heterocycles. The molecule has 2 aromatic carbocycles. The van der Waals surface area contributed by atoms with E-state index in [4.69, 9.17) is 9.94 Å². The van der Waals surface area contributed by atoms with Gasteiger partial charge in [-0.25, -0.2) is 0 Å². The molecule has 2 bridgehead atoms. The van der Waals surface area contributed by atoms with E-state index in [0.717, 1.165) is 24.0 Å². The van der Waals surface area contributed by atoms with Gasteiger partial charge in [-0.15, -0.1) is 0 Å². The Bertz CT molecular complexity index is 927. The molecule has 1 N–H and O–H groups in total. The number of carboxylic acids is 1. The van der Waals surface area contributed by atoms with Crippen LogP contribution in [-0.4, -0.2) is 17.3 Å². The molecule has 4 unspecified atom stereocenters. The van der Waals surface area contributed by atoms with E-state index in [-0.39, 0.29) is 12.5 Å². The molecule has 0 aromatic heterocycles. The number of unbranched alkanes of at least 4 members (excludes halogenated alkanes) is 1. The zero-order valence-electron chi connectivity index (χ0n) is 19.0. The van der Waals surface area contributed by atoms with Crippen LogP contribution in [0.4, 0.5) is 0 Å². The second-order valence-corrected chi connectivity index (χ2v) is 9.09. The monoisotopic (exact) mass is 443 g/mol. The molecule has 2 aromatic rings. The normalized spacial score (nSPS) is 24.2. The van der Waals surface area contributed by atoms with Crippen LogP contribution < -0.4 is 0 Å². The van der Waals surface area contributed by atoms with Gasteiger partial charge < -0.3 is 9.94 Å². The van der Waals surface area contributed by atoms with E-state index < -0.39 is 5.97 Å². The number of nitrogens with zero attached hydrogens (tertiary/aromatic N) is 1. The first-order valence-electron chi connectivity index (χ1n) is 12.1.